The minimum Gasteiger partial charge on any atom is -0.466 e. The van der Waals surface area contributed by atoms with Crippen molar-refractivity contribution in [3.63, 3.8) is 0 Å². The lowest BCUT2D eigenvalue weighted by Crippen LogP contribution is -2.45. The van der Waals surface area contributed by atoms with Crippen LogP contribution in [0.3, 0.4) is 0 Å². The lowest BCUT2D eigenvalue weighted by Gasteiger charge is -2.20. The lowest BCUT2D eigenvalue weighted by atomic mass is 10.0. The number of hydrogen-bond donors (Lipinski definition) is 3. The van der Waals surface area contributed by atoms with Crippen molar-refractivity contribution in [3.8, 4) is 0 Å². The fourth-order valence-corrected chi connectivity index (χ4v) is 7.57. The third-order valence-corrected chi connectivity index (χ3v) is 11.5. The van der Waals surface area contributed by atoms with Crippen LogP contribution in [0.2, 0.25) is 0 Å². The zero-order valence-corrected chi connectivity index (χ0v) is 38.1. The van der Waals surface area contributed by atoms with Crippen LogP contribution in [0.1, 0.15) is 264 Å². The summed E-state index contributed by atoms with van der Waals surface area (Å²) >= 11 is 0. The Morgan fingerprint density at radius 3 is 1.25 bits per heavy atom. The Balaban J connectivity index is 3.45. The van der Waals surface area contributed by atoms with E-state index in [1.165, 1.54) is 180 Å². The SMILES string of the molecule is CCCCCCCC/C=C\CCCCCCCCCCCC(=O)OCCCCCCCCCCCCCC(=O)NC(CO)C(O)/C=C/CCCCCCCCCC. The molecular weight excluding hydrogens is 707 g/mol. The van der Waals surface area contributed by atoms with Crippen molar-refractivity contribution >= 4 is 11.9 Å². The number of amides is 1. The van der Waals surface area contributed by atoms with Gasteiger partial charge in [-0.15, -0.1) is 0 Å². The van der Waals surface area contributed by atoms with Crippen LogP contribution < -0.4 is 5.32 Å². The third kappa shape index (κ3) is 43.7. The number of aliphatic hydroxyl groups is 2. The first-order valence-electron chi connectivity index (χ1n) is 25.1. The first-order chi connectivity index (χ1) is 28.0. The normalized spacial score (nSPS) is 12.8. The summed E-state index contributed by atoms with van der Waals surface area (Å²) in [6, 6.07) is -0.640. The zero-order chi connectivity index (χ0) is 41.5. The Morgan fingerprint density at radius 2 is 0.825 bits per heavy atom. The quantitative estimate of drug-likeness (QED) is 0.0324. The smallest absolute Gasteiger partial charge is 0.305 e. The van der Waals surface area contributed by atoms with Gasteiger partial charge in [0.1, 0.15) is 0 Å². The van der Waals surface area contributed by atoms with Crippen molar-refractivity contribution in [1.82, 2.24) is 5.32 Å². The maximum absolute atomic E-state index is 12.4. The Morgan fingerprint density at radius 1 is 0.474 bits per heavy atom. The summed E-state index contributed by atoms with van der Waals surface area (Å²) in [6.45, 7) is 4.83. The minimum absolute atomic E-state index is 0.0166. The van der Waals surface area contributed by atoms with Crippen molar-refractivity contribution in [2.75, 3.05) is 13.2 Å². The average molecular weight is 804 g/mol. The standard InChI is InChI=1S/C51H97NO5/c1-3-5-7-9-11-13-15-16-17-18-19-20-21-22-25-29-33-37-41-45-51(56)57-46-42-38-34-30-26-23-24-28-32-36-40-44-50(55)52-48(47-53)49(54)43-39-35-31-27-14-12-10-8-6-4-2/h16-17,39,43,48-49,53-54H,3-15,18-38,40-42,44-47H2,1-2H3,(H,52,55)/b17-16-,43-39+. The van der Waals surface area contributed by atoms with Gasteiger partial charge in [-0.3, -0.25) is 9.59 Å². The highest BCUT2D eigenvalue weighted by Gasteiger charge is 2.18. The lowest BCUT2D eigenvalue weighted by molar-refractivity contribution is -0.143. The molecule has 0 heterocycles. The van der Waals surface area contributed by atoms with Crippen LogP contribution in [-0.4, -0.2) is 47.4 Å². The van der Waals surface area contributed by atoms with E-state index in [0.717, 1.165) is 57.8 Å². The van der Waals surface area contributed by atoms with E-state index in [9.17, 15) is 19.8 Å². The first-order valence-corrected chi connectivity index (χ1v) is 25.1. The molecule has 0 rings (SSSR count). The Hall–Kier alpha value is -1.66. The van der Waals surface area contributed by atoms with Gasteiger partial charge in [-0.05, 0) is 57.8 Å². The summed E-state index contributed by atoms with van der Waals surface area (Å²) in [4.78, 5) is 24.4. The largest absolute Gasteiger partial charge is 0.466 e. The van der Waals surface area contributed by atoms with Gasteiger partial charge in [0.25, 0.3) is 0 Å². The number of carbonyl (C=O) groups excluding carboxylic acids is 2. The van der Waals surface area contributed by atoms with E-state index in [0.29, 0.717) is 19.4 Å². The molecule has 0 radical (unpaired) electrons. The van der Waals surface area contributed by atoms with Gasteiger partial charge in [0.05, 0.1) is 25.4 Å². The van der Waals surface area contributed by atoms with E-state index in [4.69, 9.17) is 4.74 Å². The number of rotatable bonds is 46. The first kappa shape index (κ1) is 55.3. The molecule has 0 aliphatic heterocycles. The van der Waals surface area contributed by atoms with E-state index >= 15 is 0 Å². The van der Waals surface area contributed by atoms with Crippen LogP contribution >= 0.6 is 0 Å². The third-order valence-electron chi connectivity index (χ3n) is 11.5. The second-order valence-corrected chi connectivity index (χ2v) is 17.1. The molecular formula is C51H97NO5. The number of ether oxygens (including phenoxy) is 1. The molecule has 0 spiro atoms. The molecule has 3 N–H and O–H groups in total. The molecule has 6 heteroatoms. The van der Waals surface area contributed by atoms with Gasteiger partial charge in [0.15, 0.2) is 0 Å². The van der Waals surface area contributed by atoms with Crippen LogP contribution in [-0.2, 0) is 14.3 Å². The molecule has 0 aromatic carbocycles. The maximum Gasteiger partial charge on any atom is 0.305 e. The van der Waals surface area contributed by atoms with Crippen LogP contribution in [0, 0.1) is 0 Å². The highest BCUT2D eigenvalue weighted by atomic mass is 16.5. The van der Waals surface area contributed by atoms with E-state index in [2.05, 4.69) is 31.3 Å². The summed E-state index contributed by atoms with van der Waals surface area (Å²) in [7, 11) is 0. The van der Waals surface area contributed by atoms with Crippen LogP contribution in [0.4, 0.5) is 0 Å². The molecule has 2 unspecified atom stereocenters. The molecule has 1 amide bonds. The van der Waals surface area contributed by atoms with Crippen molar-refractivity contribution in [2.45, 2.75) is 276 Å². The van der Waals surface area contributed by atoms with E-state index in [-0.39, 0.29) is 18.5 Å². The number of hydrogen-bond acceptors (Lipinski definition) is 5. The molecule has 2 atom stereocenters. The van der Waals surface area contributed by atoms with Crippen LogP contribution in [0.15, 0.2) is 24.3 Å². The number of unbranched alkanes of at least 4 members (excludes halogenated alkanes) is 33. The van der Waals surface area contributed by atoms with E-state index < -0.39 is 12.1 Å². The number of nitrogens with one attached hydrogen (secondary N) is 1. The molecule has 6 nitrogen and oxygen atoms in total. The molecule has 0 bridgehead atoms. The van der Waals surface area contributed by atoms with Gasteiger partial charge < -0.3 is 20.3 Å². The average Bonchev–Trinajstić information content (AvgIpc) is 3.21. The van der Waals surface area contributed by atoms with E-state index in [1.807, 2.05) is 6.08 Å². The Kier molecular flexibility index (Phi) is 45.7. The van der Waals surface area contributed by atoms with Crippen LogP contribution in [0.25, 0.3) is 0 Å². The van der Waals surface area contributed by atoms with Gasteiger partial charge in [-0.2, -0.15) is 0 Å². The second kappa shape index (κ2) is 47.0. The highest BCUT2D eigenvalue weighted by molar-refractivity contribution is 5.76. The van der Waals surface area contributed by atoms with E-state index in [1.54, 1.807) is 6.08 Å². The molecule has 0 aromatic heterocycles. The molecule has 0 aromatic rings. The summed E-state index contributed by atoms with van der Waals surface area (Å²) in [5, 5.41) is 22.9. The fraction of sp³-hybridized carbons (Fsp3) is 0.882. The van der Waals surface area contributed by atoms with Gasteiger partial charge in [0, 0.05) is 12.8 Å². The zero-order valence-electron chi connectivity index (χ0n) is 38.1. The van der Waals surface area contributed by atoms with Gasteiger partial charge >= 0.3 is 5.97 Å². The maximum atomic E-state index is 12.4. The van der Waals surface area contributed by atoms with Gasteiger partial charge in [-0.25, -0.2) is 0 Å². The van der Waals surface area contributed by atoms with Crippen molar-refractivity contribution in [2.24, 2.45) is 0 Å². The summed E-state index contributed by atoms with van der Waals surface area (Å²) < 4.78 is 5.46. The topological polar surface area (TPSA) is 95.9 Å². The van der Waals surface area contributed by atoms with Gasteiger partial charge in [0.2, 0.25) is 5.91 Å². The number of aliphatic hydroxyl groups excluding tert-OH is 2. The Bertz CT molecular complexity index is 889. The predicted molar refractivity (Wildman–Crippen MR) is 246 cm³/mol. The molecule has 57 heavy (non-hydrogen) atoms. The van der Waals surface area contributed by atoms with Gasteiger partial charge in [-0.1, -0.05) is 218 Å². The summed E-state index contributed by atoms with van der Waals surface area (Å²) in [6.07, 6.45) is 54.6. The molecule has 336 valence electrons. The molecule has 0 fully saturated rings. The fourth-order valence-electron chi connectivity index (χ4n) is 7.57. The number of allylic oxidation sites excluding steroid dienone is 3. The van der Waals surface area contributed by atoms with Crippen molar-refractivity contribution in [3.05, 3.63) is 24.3 Å². The summed E-state index contributed by atoms with van der Waals surface area (Å²) in [5.41, 5.74) is 0. The van der Waals surface area contributed by atoms with Crippen molar-refractivity contribution < 1.29 is 24.5 Å². The number of carbonyl (C=O) groups is 2. The second-order valence-electron chi connectivity index (χ2n) is 17.1. The minimum atomic E-state index is -0.854. The number of esters is 1. The Labute approximate surface area is 354 Å². The highest BCUT2D eigenvalue weighted by Crippen LogP contribution is 2.15. The predicted octanol–water partition coefficient (Wildman–Crippen LogP) is 14.7. The molecule has 0 saturated heterocycles. The summed E-state index contributed by atoms with van der Waals surface area (Å²) in [5.74, 6) is -0.106. The molecule has 0 aliphatic rings. The van der Waals surface area contributed by atoms with Crippen LogP contribution in [0.5, 0.6) is 0 Å². The van der Waals surface area contributed by atoms with Crippen molar-refractivity contribution in [1.29, 1.82) is 0 Å². The monoisotopic (exact) mass is 804 g/mol. The molecule has 0 aliphatic carbocycles. The molecule has 0 saturated carbocycles.